The van der Waals surface area contributed by atoms with Gasteiger partial charge in [0.15, 0.2) is 0 Å². The Morgan fingerprint density at radius 1 is 0.554 bits per heavy atom. The molecular formula is C48H54N8. The van der Waals surface area contributed by atoms with Crippen molar-refractivity contribution < 1.29 is 1.43 Å². The summed E-state index contributed by atoms with van der Waals surface area (Å²) in [6.45, 7) is 5.39. The zero-order valence-corrected chi connectivity index (χ0v) is 32.4. The van der Waals surface area contributed by atoms with E-state index in [1.807, 2.05) is 24.3 Å². The number of benzene rings is 4. The molecule has 56 heavy (non-hydrogen) atoms. The third kappa shape index (κ3) is 5.90. The molecular weight excluding hydrogens is 689 g/mol. The number of imidazole rings is 2. The molecule has 8 heteroatoms. The molecule has 2 aliphatic carbocycles. The quantitative estimate of drug-likeness (QED) is 0.189. The fourth-order valence-electron chi connectivity index (χ4n) is 10.9. The van der Waals surface area contributed by atoms with Crippen molar-refractivity contribution in [1.29, 1.82) is 5.26 Å². The monoisotopic (exact) mass is 742 g/mol. The zero-order valence-electron chi connectivity index (χ0n) is 32.4. The molecule has 0 radical (unpaired) electrons. The number of nitrogens with zero attached hydrogens (tertiary/aromatic N) is 7. The highest BCUT2D eigenvalue weighted by Crippen LogP contribution is 2.45. The number of aromatic nitrogens is 4. The minimum atomic E-state index is 0. The zero-order chi connectivity index (χ0) is 37.3. The minimum absolute atomic E-state index is 0. The molecule has 2 saturated heterocycles. The average molecular weight is 743 g/mol. The molecule has 2 aromatic heterocycles. The van der Waals surface area contributed by atoms with Crippen LogP contribution >= 0.6 is 0 Å². The highest BCUT2D eigenvalue weighted by atomic mass is 15.3. The van der Waals surface area contributed by atoms with E-state index in [4.69, 9.17) is 21.0 Å². The van der Waals surface area contributed by atoms with Crippen molar-refractivity contribution in [2.45, 2.75) is 107 Å². The Labute approximate surface area is 331 Å². The van der Waals surface area contributed by atoms with E-state index in [9.17, 15) is 0 Å². The second-order valence-electron chi connectivity index (χ2n) is 17.6. The van der Waals surface area contributed by atoms with Gasteiger partial charge in [-0.3, -0.25) is 9.80 Å². The third-order valence-corrected chi connectivity index (χ3v) is 14.4. The lowest BCUT2D eigenvalue weighted by Gasteiger charge is -2.37. The fourth-order valence-corrected chi connectivity index (χ4v) is 10.9. The molecule has 0 spiro atoms. The van der Waals surface area contributed by atoms with Crippen molar-refractivity contribution in [2.24, 2.45) is 5.73 Å². The summed E-state index contributed by atoms with van der Waals surface area (Å²) in [6, 6.07) is 34.9. The topological polar surface area (TPSA) is 91.9 Å². The van der Waals surface area contributed by atoms with Gasteiger partial charge in [0.25, 0.3) is 0 Å². The summed E-state index contributed by atoms with van der Waals surface area (Å²) in [5.74, 6) is 3.82. The molecule has 6 aliphatic heterocycles. The van der Waals surface area contributed by atoms with Crippen LogP contribution in [-0.2, 0) is 6.54 Å². The van der Waals surface area contributed by atoms with Crippen LogP contribution in [0.4, 0.5) is 0 Å². The van der Waals surface area contributed by atoms with Gasteiger partial charge in [0, 0.05) is 70.2 Å². The first-order valence-electron chi connectivity index (χ1n) is 21.4. The van der Waals surface area contributed by atoms with Gasteiger partial charge in [0.2, 0.25) is 0 Å². The van der Waals surface area contributed by atoms with E-state index in [2.05, 4.69) is 85.7 Å². The van der Waals surface area contributed by atoms with Gasteiger partial charge in [-0.15, -0.1) is 0 Å². The van der Waals surface area contributed by atoms with Crippen molar-refractivity contribution >= 4 is 22.1 Å². The number of rotatable bonds is 5. The maximum atomic E-state index is 9.02. The maximum Gasteiger partial charge on any atom is 0.114 e. The lowest BCUT2D eigenvalue weighted by Crippen LogP contribution is -2.42. The van der Waals surface area contributed by atoms with Crippen LogP contribution in [0.25, 0.3) is 44.3 Å². The fraction of sp³-hybridized carbons (Fsp3) is 0.438. The van der Waals surface area contributed by atoms with E-state index < -0.39 is 0 Å². The first-order chi connectivity index (χ1) is 27.6. The molecule has 8 nitrogen and oxygen atoms in total. The van der Waals surface area contributed by atoms with Crippen LogP contribution in [0.3, 0.4) is 0 Å². The van der Waals surface area contributed by atoms with Crippen molar-refractivity contribution in [3.63, 3.8) is 0 Å². The molecule has 14 rings (SSSR count). The molecule has 4 bridgehead atoms. The molecule has 8 aliphatic rings. The number of fused-ring (bicyclic) bond motifs is 8. The third-order valence-electron chi connectivity index (χ3n) is 14.4. The first kappa shape index (κ1) is 34.4. The normalized spacial score (nSPS) is 24.7. The summed E-state index contributed by atoms with van der Waals surface area (Å²) in [7, 11) is 0. The predicted octanol–water partition coefficient (Wildman–Crippen LogP) is 9.56. The minimum Gasteiger partial charge on any atom is -0.326 e. The van der Waals surface area contributed by atoms with Gasteiger partial charge in [0.1, 0.15) is 11.6 Å². The van der Waals surface area contributed by atoms with Gasteiger partial charge < -0.3 is 14.9 Å². The highest BCUT2D eigenvalue weighted by molar-refractivity contribution is 5.84. The smallest absolute Gasteiger partial charge is 0.114 e. The lowest BCUT2D eigenvalue weighted by molar-refractivity contribution is 0.121. The van der Waals surface area contributed by atoms with Gasteiger partial charge in [0.05, 0.1) is 33.7 Å². The molecule has 286 valence electrons. The van der Waals surface area contributed by atoms with Crippen LogP contribution in [0.2, 0.25) is 0 Å². The molecule has 4 fully saturated rings. The van der Waals surface area contributed by atoms with Gasteiger partial charge in [-0.1, -0.05) is 61.4 Å². The van der Waals surface area contributed by atoms with Crippen LogP contribution in [0.15, 0.2) is 84.9 Å². The van der Waals surface area contributed by atoms with Gasteiger partial charge in [-0.25, -0.2) is 9.97 Å². The Balaban J connectivity index is 0.000000137. The van der Waals surface area contributed by atoms with Crippen molar-refractivity contribution in [2.75, 3.05) is 26.2 Å². The second kappa shape index (κ2) is 14.0. The summed E-state index contributed by atoms with van der Waals surface area (Å²) in [5.41, 5.74) is 17.3. The molecule has 4 aromatic carbocycles. The maximum absolute atomic E-state index is 9.02. The standard InChI is InChI=1S/C24H28N4.C24H24N4.H2/c2*25-13-16-4-6-17(7-5-16)18-9-11-23-22(12-18)26-24-19-8-10-21(28(23)24)15-27(14-19)20-2-1-3-20;/h4-7,9,11-12,19-21H,1-3,8,10,13-15,25H2;4-7,9,11-12,19-21H,1-3,8,10,14-15H2;1H. The Bertz CT molecular complexity index is 2450. The van der Waals surface area contributed by atoms with Gasteiger partial charge in [-0.05, 0) is 116 Å². The van der Waals surface area contributed by atoms with Gasteiger partial charge in [-0.2, -0.15) is 5.26 Å². The average Bonchev–Trinajstić information content (AvgIpc) is 3.50. The largest absolute Gasteiger partial charge is 0.326 e. The second-order valence-corrected chi connectivity index (χ2v) is 17.6. The summed E-state index contributed by atoms with van der Waals surface area (Å²) in [6.07, 6.45) is 13.5. The lowest BCUT2D eigenvalue weighted by atomic mass is 9.91. The van der Waals surface area contributed by atoms with E-state index in [1.165, 1.54) is 135 Å². The number of hydrogen-bond donors (Lipinski definition) is 1. The predicted molar refractivity (Wildman–Crippen MR) is 226 cm³/mol. The van der Waals surface area contributed by atoms with Crippen LogP contribution in [0, 0.1) is 11.3 Å². The first-order valence-corrected chi connectivity index (χ1v) is 21.4. The summed E-state index contributed by atoms with van der Waals surface area (Å²) < 4.78 is 5.15. The molecule has 2 saturated carbocycles. The molecule has 2 N–H and O–H groups in total. The van der Waals surface area contributed by atoms with E-state index in [0.717, 1.165) is 28.7 Å². The molecule has 4 unspecified atom stereocenters. The summed E-state index contributed by atoms with van der Waals surface area (Å²) in [5, 5.41) is 9.02. The van der Waals surface area contributed by atoms with Crippen molar-refractivity contribution in [3.05, 3.63) is 108 Å². The van der Waals surface area contributed by atoms with Crippen LogP contribution < -0.4 is 5.73 Å². The van der Waals surface area contributed by atoms with Crippen LogP contribution in [-0.4, -0.2) is 67.2 Å². The Morgan fingerprint density at radius 2 is 1.02 bits per heavy atom. The Morgan fingerprint density at radius 3 is 1.45 bits per heavy atom. The SMILES string of the molecule is N#Cc1ccc(-c2ccc3c(c2)nc2n3C3CCC2CN(C2CCC2)C3)cc1.NCc1ccc(-c2ccc3c(c2)nc2n3C3CCC2CN(C2CCC2)C3)cc1.[HH]. The number of hydrogen-bond acceptors (Lipinski definition) is 6. The van der Waals surface area contributed by atoms with E-state index >= 15 is 0 Å². The Kier molecular flexibility index (Phi) is 8.60. The van der Waals surface area contributed by atoms with Crippen LogP contribution in [0.1, 0.15) is 112 Å². The van der Waals surface area contributed by atoms with Crippen LogP contribution in [0.5, 0.6) is 0 Å². The van der Waals surface area contributed by atoms with Crippen molar-refractivity contribution in [1.82, 2.24) is 28.9 Å². The van der Waals surface area contributed by atoms with E-state index in [0.29, 0.717) is 36.0 Å². The molecule has 4 atom stereocenters. The summed E-state index contributed by atoms with van der Waals surface area (Å²) >= 11 is 0. The molecule has 8 heterocycles. The van der Waals surface area contributed by atoms with Gasteiger partial charge >= 0.3 is 0 Å². The van der Waals surface area contributed by atoms with Crippen molar-refractivity contribution in [3.8, 4) is 28.3 Å². The molecule has 0 amide bonds. The Hall–Kier alpha value is -4.81. The van der Waals surface area contributed by atoms with E-state index in [1.54, 1.807) is 0 Å². The number of nitrogens with two attached hydrogens (primary N) is 1. The van der Waals surface area contributed by atoms with E-state index in [-0.39, 0.29) is 1.43 Å². The molecule has 6 aromatic rings. The highest BCUT2D eigenvalue weighted by Gasteiger charge is 2.41. The number of nitriles is 1. The summed E-state index contributed by atoms with van der Waals surface area (Å²) in [4.78, 5) is 15.8.